The average Bonchev–Trinajstić information content (AvgIpc) is 3.51. The number of alkyl halides is 3. The Labute approximate surface area is 255 Å². The Hall–Kier alpha value is -4.57. The predicted octanol–water partition coefficient (Wildman–Crippen LogP) is 3.24. The molecule has 16 heteroatoms. The summed E-state index contributed by atoms with van der Waals surface area (Å²) in [5, 5.41) is 23.4. The molecule has 0 radical (unpaired) electrons. The molecule has 4 rings (SSSR count). The van der Waals surface area contributed by atoms with Crippen molar-refractivity contribution in [1.29, 1.82) is 0 Å². The van der Waals surface area contributed by atoms with E-state index < -0.39 is 17.7 Å². The maximum absolute atomic E-state index is 13.0. The van der Waals surface area contributed by atoms with Gasteiger partial charge >= 0.3 is 12.1 Å². The molecule has 13 nitrogen and oxygen atoms in total. The van der Waals surface area contributed by atoms with E-state index in [4.69, 9.17) is 14.6 Å². The van der Waals surface area contributed by atoms with E-state index in [1.807, 2.05) is 0 Å². The van der Waals surface area contributed by atoms with Crippen LogP contribution in [0.25, 0.3) is 27.9 Å². The first-order valence-corrected chi connectivity index (χ1v) is 14.4. The van der Waals surface area contributed by atoms with Crippen molar-refractivity contribution in [3.05, 3.63) is 47.7 Å². The minimum absolute atomic E-state index is 0.102. The quantitative estimate of drug-likeness (QED) is 0.148. The molecule has 3 N–H and O–H groups in total. The summed E-state index contributed by atoms with van der Waals surface area (Å²) < 4.78 is 51.6. The summed E-state index contributed by atoms with van der Waals surface area (Å²) in [6, 6.07) is 7.13. The smallest absolute Gasteiger partial charge is 0.417 e. The van der Waals surface area contributed by atoms with Crippen molar-refractivity contribution in [1.82, 2.24) is 35.2 Å². The first-order chi connectivity index (χ1) is 21.5. The molecule has 0 aliphatic carbocycles. The van der Waals surface area contributed by atoms with Crippen molar-refractivity contribution in [2.45, 2.75) is 38.3 Å². The number of hydrogen-bond donors (Lipinski definition) is 3. The molecule has 4 aromatic rings. The SMILES string of the molecule is Cn1nc2c3cc(C(=O)NCCOCCOCCNC(=O)CCCCCC(=O)O)ccc3n(-c3ccc(C(F)(F)F)cn3)c2n1. The van der Waals surface area contributed by atoms with Crippen molar-refractivity contribution in [2.75, 3.05) is 39.5 Å². The second-order valence-electron chi connectivity index (χ2n) is 10.1. The third kappa shape index (κ3) is 9.21. The standard InChI is InChI=1S/C29H34F3N7O6/c1-38-36-26-21-17-19(7-9-22(21)39(27(26)37-38)23-10-8-20(18-35-23)29(30,31)32)28(43)34-12-14-45-16-15-44-13-11-33-24(40)5-3-2-4-6-25(41)42/h7-10,17-18H,2-6,11-16H2,1H3,(H,33,40)(H,34,43)(H,41,42). The molecule has 242 valence electrons. The Bertz CT molecular complexity index is 1620. The molecule has 3 heterocycles. The van der Waals surface area contributed by atoms with Gasteiger partial charge in [0.1, 0.15) is 11.3 Å². The number of halogens is 3. The topological polar surface area (TPSA) is 162 Å². The number of carboxylic acids is 1. The number of aromatic nitrogens is 5. The monoisotopic (exact) mass is 633 g/mol. The molecular weight excluding hydrogens is 599 g/mol. The Kier molecular flexibility index (Phi) is 11.4. The van der Waals surface area contributed by atoms with Gasteiger partial charge in [-0.25, -0.2) is 4.98 Å². The fourth-order valence-corrected chi connectivity index (χ4v) is 4.57. The molecule has 1 aromatic carbocycles. The molecule has 3 aromatic heterocycles. The number of carbonyl (C=O) groups excluding carboxylic acids is 2. The lowest BCUT2D eigenvalue weighted by molar-refractivity contribution is -0.138. The maximum atomic E-state index is 13.0. The Morgan fingerprint density at radius 2 is 1.62 bits per heavy atom. The Balaban J connectivity index is 1.19. The largest absolute Gasteiger partial charge is 0.481 e. The van der Waals surface area contributed by atoms with Gasteiger partial charge in [-0.2, -0.15) is 23.1 Å². The van der Waals surface area contributed by atoms with Gasteiger partial charge in [-0.05, 0) is 43.2 Å². The van der Waals surface area contributed by atoms with Crippen LogP contribution >= 0.6 is 0 Å². The van der Waals surface area contributed by atoms with E-state index in [0.717, 1.165) is 12.3 Å². The van der Waals surface area contributed by atoms with E-state index in [1.165, 1.54) is 10.9 Å². The highest BCUT2D eigenvalue weighted by atomic mass is 19.4. The normalized spacial score (nSPS) is 11.7. The van der Waals surface area contributed by atoms with Crippen LogP contribution in [0.15, 0.2) is 36.5 Å². The lowest BCUT2D eigenvalue weighted by atomic mass is 10.1. The molecule has 2 amide bonds. The zero-order chi connectivity index (χ0) is 32.4. The molecule has 0 saturated heterocycles. The number of nitrogens with one attached hydrogen (secondary N) is 2. The van der Waals surface area contributed by atoms with E-state index in [0.29, 0.717) is 79.7 Å². The van der Waals surface area contributed by atoms with Crippen LogP contribution in [-0.2, 0) is 32.3 Å². The van der Waals surface area contributed by atoms with Crippen molar-refractivity contribution >= 4 is 39.9 Å². The van der Waals surface area contributed by atoms with Gasteiger partial charge in [0.2, 0.25) is 5.91 Å². The first-order valence-electron chi connectivity index (χ1n) is 14.4. The number of nitrogens with zero attached hydrogens (tertiary/aromatic N) is 5. The highest BCUT2D eigenvalue weighted by molar-refractivity contribution is 6.08. The molecular formula is C29H34F3N7O6. The van der Waals surface area contributed by atoms with Gasteiger partial charge in [0.05, 0.1) is 37.5 Å². The van der Waals surface area contributed by atoms with E-state index in [-0.39, 0.29) is 37.2 Å². The van der Waals surface area contributed by atoms with Crippen molar-refractivity contribution in [3.8, 4) is 5.82 Å². The molecule has 0 unspecified atom stereocenters. The molecule has 0 bridgehead atoms. The van der Waals surface area contributed by atoms with Crippen molar-refractivity contribution in [2.24, 2.45) is 7.05 Å². The molecule has 45 heavy (non-hydrogen) atoms. The van der Waals surface area contributed by atoms with Crippen molar-refractivity contribution in [3.63, 3.8) is 0 Å². The third-order valence-electron chi connectivity index (χ3n) is 6.73. The van der Waals surface area contributed by atoms with Gasteiger partial charge < -0.3 is 25.2 Å². The minimum Gasteiger partial charge on any atom is -0.481 e. The summed E-state index contributed by atoms with van der Waals surface area (Å²) >= 11 is 0. The van der Waals surface area contributed by atoms with Crippen LogP contribution in [-0.4, -0.2) is 87.0 Å². The van der Waals surface area contributed by atoms with Crippen LogP contribution in [0, 0.1) is 0 Å². The number of rotatable bonds is 17. The second kappa shape index (κ2) is 15.4. The molecule has 0 spiro atoms. The number of carbonyl (C=O) groups is 3. The fourth-order valence-electron chi connectivity index (χ4n) is 4.57. The van der Waals surface area contributed by atoms with Crippen LogP contribution in [0.1, 0.15) is 48.0 Å². The van der Waals surface area contributed by atoms with Gasteiger partial charge in [-0.3, -0.25) is 19.0 Å². The fraction of sp³-hybridized carbons (Fsp3) is 0.448. The zero-order valence-electron chi connectivity index (χ0n) is 24.6. The molecule has 0 fully saturated rings. The van der Waals surface area contributed by atoms with Gasteiger partial charge in [0.25, 0.3) is 5.91 Å². The van der Waals surface area contributed by atoms with Crippen LogP contribution in [0.3, 0.4) is 0 Å². The van der Waals surface area contributed by atoms with Gasteiger partial charge in [-0.1, -0.05) is 6.42 Å². The number of unbranched alkanes of at least 4 members (excludes halogenated alkanes) is 2. The third-order valence-corrected chi connectivity index (χ3v) is 6.73. The van der Waals surface area contributed by atoms with Crippen LogP contribution in [0.4, 0.5) is 13.2 Å². The highest BCUT2D eigenvalue weighted by Crippen LogP contribution is 2.32. The van der Waals surface area contributed by atoms with Gasteiger partial charge in [0, 0.05) is 50.1 Å². The highest BCUT2D eigenvalue weighted by Gasteiger charge is 2.31. The number of amides is 2. The molecule has 0 atom stereocenters. The van der Waals surface area contributed by atoms with Crippen molar-refractivity contribution < 1.29 is 42.1 Å². The Morgan fingerprint density at radius 1 is 0.911 bits per heavy atom. The van der Waals surface area contributed by atoms with Gasteiger partial charge in [0.15, 0.2) is 5.65 Å². The number of fused-ring (bicyclic) bond motifs is 3. The summed E-state index contributed by atoms with van der Waals surface area (Å²) in [6.07, 6.45) is -1.40. The predicted molar refractivity (Wildman–Crippen MR) is 156 cm³/mol. The summed E-state index contributed by atoms with van der Waals surface area (Å²) in [5.74, 6) is -1.05. The number of benzene rings is 1. The number of carboxylic acid groups (broad SMARTS) is 1. The zero-order valence-corrected chi connectivity index (χ0v) is 24.6. The summed E-state index contributed by atoms with van der Waals surface area (Å²) in [5.41, 5.74) is 0.938. The number of pyridine rings is 1. The summed E-state index contributed by atoms with van der Waals surface area (Å²) in [7, 11) is 1.62. The maximum Gasteiger partial charge on any atom is 0.417 e. The number of aliphatic carboxylic acids is 1. The van der Waals surface area contributed by atoms with Gasteiger partial charge in [-0.15, -0.1) is 5.10 Å². The lowest BCUT2D eigenvalue weighted by Gasteiger charge is -2.10. The van der Waals surface area contributed by atoms with E-state index >= 15 is 0 Å². The number of ether oxygens (including phenoxy) is 2. The minimum atomic E-state index is -4.51. The number of hydrogen-bond acceptors (Lipinski definition) is 8. The van der Waals surface area contributed by atoms with E-state index in [1.54, 1.807) is 29.8 Å². The molecule has 0 saturated carbocycles. The first kappa shape index (κ1) is 33.3. The molecule has 0 aliphatic heterocycles. The second-order valence-corrected chi connectivity index (χ2v) is 10.1. The van der Waals surface area contributed by atoms with Crippen LogP contribution < -0.4 is 10.6 Å². The summed E-state index contributed by atoms with van der Waals surface area (Å²) in [6.45, 7) is 1.79. The summed E-state index contributed by atoms with van der Waals surface area (Å²) in [4.78, 5) is 40.4. The average molecular weight is 634 g/mol. The van der Waals surface area contributed by atoms with E-state index in [2.05, 4.69) is 25.8 Å². The Morgan fingerprint density at radius 3 is 2.29 bits per heavy atom. The molecule has 0 aliphatic rings. The lowest BCUT2D eigenvalue weighted by Crippen LogP contribution is -2.28. The van der Waals surface area contributed by atoms with Crippen LogP contribution in [0.5, 0.6) is 0 Å². The van der Waals surface area contributed by atoms with Crippen LogP contribution in [0.2, 0.25) is 0 Å². The van der Waals surface area contributed by atoms with E-state index in [9.17, 15) is 27.6 Å². The number of aryl methyl sites for hydroxylation is 1.